The molecule has 3 aromatic rings. The van der Waals surface area contributed by atoms with Crippen molar-refractivity contribution in [2.75, 3.05) is 11.9 Å². The molecular weight excluding hydrogens is 339 g/mol. The zero-order valence-corrected chi connectivity index (χ0v) is 14.3. The van der Waals surface area contributed by atoms with Crippen molar-refractivity contribution in [2.24, 2.45) is 0 Å². The van der Waals surface area contributed by atoms with Gasteiger partial charge in [-0.05, 0) is 32.0 Å². The second-order valence-electron chi connectivity index (χ2n) is 5.67. The number of rotatable bonds is 6. The lowest BCUT2D eigenvalue weighted by molar-refractivity contribution is 0.0518. The number of hydrogen-bond donors (Lipinski definition) is 1. The van der Waals surface area contributed by atoms with Crippen molar-refractivity contribution in [1.82, 2.24) is 15.4 Å². The van der Waals surface area contributed by atoms with Gasteiger partial charge >= 0.3 is 5.97 Å². The van der Waals surface area contributed by atoms with E-state index in [1.807, 2.05) is 0 Å². The molecule has 0 aliphatic carbocycles. The van der Waals surface area contributed by atoms with Crippen LogP contribution in [0.15, 0.2) is 53.4 Å². The van der Waals surface area contributed by atoms with Crippen LogP contribution < -0.4 is 5.32 Å². The minimum absolute atomic E-state index is 0.0926. The van der Waals surface area contributed by atoms with Crippen molar-refractivity contribution in [2.45, 2.75) is 19.4 Å². The number of esters is 1. The Hall–Kier alpha value is -3.29. The van der Waals surface area contributed by atoms with Crippen LogP contribution in [0.25, 0.3) is 0 Å². The molecule has 134 valence electrons. The van der Waals surface area contributed by atoms with Crippen LogP contribution in [-0.2, 0) is 10.3 Å². The lowest BCUT2D eigenvalue weighted by Gasteiger charge is -2.30. The molecule has 0 aliphatic rings. The van der Waals surface area contributed by atoms with Gasteiger partial charge in [0.05, 0.1) is 18.3 Å². The fourth-order valence-electron chi connectivity index (χ4n) is 2.58. The van der Waals surface area contributed by atoms with E-state index in [0.717, 1.165) is 0 Å². The van der Waals surface area contributed by atoms with Gasteiger partial charge in [0, 0.05) is 11.1 Å². The van der Waals surface area contributed by atoms with Crippen molar-refractivity contribution in [3.05, 3.63) is 71.5 Å². The average Bonchev–Trinajstić information content (AvgIpc) is 3.18. The van der Waals surface area contributed by atoms with Gasteiger partial charge in [0.25, 0.3) is 0 Å². The number of halogens is 1. The Morgan fingerprint density at radius 2 is 2.08 bits per heavy atom. The first-order chi connectivity index (χ1) is 12.5. The van der Waals surface area contributed by atoms with Crippen molar-refractivity contribution in [1.29, 1.82) is 0 Å². The Labute approximate surface area is 149 Å². The molecule has 8 heteroatoms. The fourth-order valence-corrected chi connectivity index (χ4v) is 2.58. The normalized spacial score (nSPS) is 13.0. The van der Waals surface area contributed by atoms with E-state index in [0.29, 0.717) is 16.9 Å². The van der Waals surface area contributed by atoms with Gasteiger partial charge in [-0.15, -0.1) is 10.2 Å². The summed E-state index contributed by atoms with van der Waals surface area (Å²) < 4.78 is 24.3. The Morgan fingerprint density at radius 3 is 2.69 bits per heavy atom. The molecule has 0 radical (unpaired) electrons. The summed E-state index contributed by atoms with van der Waals surface area (Å²) in [5.41, 5.74) is 0.0826. The summed E-state index contributed by atoms with van der Waals surface area (Å²) in [5.74, 6) is -0.591. The average molecular weight is 356 g/mol. The highest BCUT2D eigenvalue weighted by atomic mass is 19.1. The molecule has 0 spiro atoms. The summed E-state index contributed by atoms with van der Waals surface area (Å²) in [7, 11) is 0. The number of nitrogens with one attached hydrogen (secondary N) is 1. The van der Waals surface area contributed by atoms with Gasteiger partial charge in [0.15, 0.2) is 5.69 Å². The van der Waals surface area contributed by atoms with Gasteiger partial charge in [-0.1, -0.05) is 23.4 Å². The van der Waals surface area contributed by atoms with Gasteiger partial charge in [-0.3, -0.25) is 0 Å². The maximum atomic E-state index is 14.4. The summed E-state index contributed by atoms with van der Waals surface area (Å²) in [6.45, 7) is 3.73. The largest absolute Gasteiger partial charge is 0.461 e. The molecule has 1 atom stereocenters. The van der Waals surface area contributed by atoms with Crippen LogP contribution in [0.2, 0.25) is 0 Å². The van der Waals surface area contributed by atoms with Gasteiger partial charge in [-0.25, -0.2) is 9.18 Å². The first-order valence-electron chi connectivity index (χ1n) is 7.98. The Morgan fingerprint density at radius 1 is 1.27 bits per heavy atom. The van der Waals surface area contributed by atoms with Gasteiger partial charge in [-0.2, -0.15) is 0 Å². The molecule has 0 aliphatic heterocycles. The van der Waals surface area contributed by atoms with Crippen molar-refractivity contribution in [3.63, 3.8) is 0 Å². The quantitative estimate of drug-likeness (QED) is 0.679. The van der Waals surface area contributed by atoms with E-state index in [1.165, 1.54) is 24.6 Å². The predicted molar refractivity (Wildman–Crippen MR) is 91.0 cm³/mol. The zero-order valence-electron chi connectivity index (χ0n) is 14.3. The number of carbonyl (C=O) groups is 1. The minimum Gasteiger partial charge on any atom is -0.461 e. The predicted octanol–water partition coefficient (Wildman–Crippen LogP) is 3.16. The number of benzene rings is 1. The maximum absolute atomic E-state index is 14.4. The third kappa shape index (κ3) is 3.39. The molecule has 1 unspecified atom stereocenters. The first-order valence-corrected chi connectivity index (χ1v) is 7.98. The smallest absolute Gasteiger partial charge is 0.358 e. The SMILES string of the molecule is CCOC(=O)c1ccc(NC(C)(c2cnoc2)c2ccccc2F)nn1. The Balaban J connectivity index is 1.95. The molecular formula is C18H17FN4O3. The molecule has 26 heavy (non-hydrogen) atoms. The molecule has 0 fully saturated rings. The molecule has 0 saturated heterocycles. The maximum Gasteiger partial charge on any atom is 0.358 e. The number of anilines is 1. The van der Waals surface area contributed by atoms with E-state index in [2.05, 4.69) is 20.7 Å². The molecule has 0 amide bonds. The topological polar surface area (TPSA) is 90.1 Å². The number of hydrogen-bond acceptors (Lipinski definition) is 7. The minimum atomic E-state index is -1.01. The number of nitrogens with zero attached hydrogens (tertiary/aromatic N) is 3. The zero-order chi connectivity index (χ0) is 18.6. The Kier molecular flexibility index (Phi) is 4.92. The number of aromatic nitrogens is 3. The standard InChI is InChI=1S/C18H17FN4O3/c1-3-25-17(24)15-8-9-16(23-22-15)21-18(2,12-10-20-26-11-12)13-6-4-5-7-14(13)19/h4-11H,3H2,1-2H3,(H,21,23). The third-order valence-corrected chi connectivity index (χ3v) is 3.95. The molecule has 3 rings (SSSR count). The van der Waals surface area contributed by atoms with Crippen molar-refractivity contribution >= 4 is 11.8 Å². The highest BCUT2D eigenvalue weighted by molar-refractivity contribution is 5.87. The summed E-state index contributed by atoms with van der Waals surface area (Å²) >= 11 is 0. The van der Waals surface area contributed by atoms with Crippen molar-refractivity contribution < 1.29 is 18.4 Å². The molecule has 1 aromatic carbocycles. The molecule has 0 bridgehead atoms. The van der Waals surface area contributed by atoms with E-state index >= 15 is 0 Å². The van der Waals surface area contributed by atoms with Gasteiger partial charge in [0.1, 0.15) is 17.9 Å². The van der Waals surface area contributed by atoms with Crippen molar-refractivity contribution in [3.8, 4) is 0 Å². The van der Waals surface area contributed by atoms with E-state index in [9.17, 15) is 9.18 Å². The second kappa shape index (κ2) is 7.30. The lowest BCUT2D eigenvalue weighted by atomic mass is 9.86. The number of ether oxygens (including phenoxy) is 1. The third-order valence-electron chi connectivity index (χ3n) is 3.95. The lowest BCUT2D eigenvalue weighted by Crippen LogP contribution is -2.34. The first kappa shape index (κ1) is 17.5. The van der Waals surface area contributed by atoms with Crippen LogP contribution in [0.1, 0.15) is 35.5 Å². The molecule has 2 heterocycles. The van der Waals surface area contributed by atoms with Gasteiger partial charge in [0.2, 0.25) is 0 Å². The molecule has 1 N–H and O–H groups in total. The monoisotopic (exact) mass is 356 g/mol. The summed E-state index contributed by atoms with van der Waals surface area (Å²) in [5, 5.41) is 14.7. The highest BCUT2D eigenvalue weighted by Crippen LogP contribution is 2.34. The molecule has 0 saturated carbocycles. The summed E-state index contributed by atoms with van der Waals surface area (Å²) in [4.78, 5) is 11.7. The highest BCUT2D eigenvalue weighted by Gasteiger charge is 2.33. The van der Waals surface area contributed by atoms with E-state index in [-0.39, 0.29) is 18.1 Å². The molecule has 7 nitrogen and oxygen atoms in total. The van der Waals surface area contributed by atoms with Crippen LogP contribution in [0, 0.1) is 5.82 Å². The fraction of sp³-hybridized carbons (Fsp3) is 0.222. The van der Waals surface area contributed by atoms with E-state index in [1.54, 1.807) is 38.1 Å². The van der Waals surface area contributed by atoms with Crippen LogP contribution in [0.3, 0.4) is 0 Å². The number of carbonyl (C=O) groups excluding carboxylic acids is 1. The van der Waals surface area contributed by atoms with Gasteiger partial charge < -0.3 is 14.6 Å². The van der Waals surface area contributed by atoms with Crippen LogP contribution in [0.5, 0.6) is 0 Å². The second-order valence-corrected chi connectivity index (χ2v) is 5.67. The van der Waals surface area contributed by atoms with E-state index in [4.69, 9.17) is 9.26 Å². The summed E-state index contributed by atoms with van der Waals surface area (Å²) in [6.07, 6.45) is 2.93. The van der Waals surface area contributed by atoms with Crippen LogP contribution in [-0.4, -0.2) is 27.9 Å². The Bertz CT molecular complexity index is 884. The van der Waals surface area contributed by atoms with Crippen LogP contribution >= 0.6 is 0 Å². The molecule has 2 aromatic heterocycles. The van der Waals surface area contributed by atoms with Crippen LogP contribution in [0.4, 0.5) is 10.2 Å². The summed E-state index contributed by atoms with van der Waals surface area (Å²) in [6, 6.07) is 9.45. The van der Waals surface area contributed by atoms with E-state index < -0.39 is 11.5 Å².